The van der Waals surface area contributed by atoms with Gasteiger partial charge in [-0.2, -0.15) is 0 Å². The summed E-state index contributed by atoms with van der Waals surface area (Å²) in [6, 6.07) is 9.57. The molecule has 0 atom stereocenters. The number of rotatable bonds is 2. The van der Waals surface area contributed by atoms with E-state index in [1.54, 1.807) is 0 Å². The van der Waals surface area contributed by atoms with Crippen LogP contribution in [0.25, 0.3) is 5.70 Å². The van der Waals surface area contributed by atoms with Crippen LogP contribution in [0.2, 0.25) is 0 Å². The van der Waals surface area contributed by atoms with Gasteiger partial charge in [0.25, 0.3) is 0 Å². The summed E-state index contributed by atoms with van der Waals surface area (Å²) in [6.07, 6.45) is 7.64. The zero-order chi connectivity index (χ0) is 9.80. The SMILES string of the molecule is [O-]NC(=C1C=CC=C1)c1ccccc1. The molecule has 14 heavy (non-hydrogen) atoms. The molecule has 1 aliphatic rings. The van der Waals surface area contributed by atoms with Crippen molar-refractivity contribution in [1.29, 1.82) is 0 Å². The maximum atomic E-state index is 10.8. The third-order valence-corrected chi connectivity index (χ3v) is 2.12. The van der Waals surface area contributed by atoms with Crippen molar-refractivity contribution in [2.45, 2.75) is 0 Å². The highest BCUT2D eigenvalue weighted by atomic mass is 16.5. The predicted molar refractivity (Wildman–Crippen MR) is 58.1 cm³/mol. The molecule has 2 nitrogen and oxygen atoms in total. The maximum Gasteiger partial charge on any atom is 0.0380 e. The van der Waals surface area contributed by atoms with E-state index < -0.39 is 0 Å². The Bertz CT molecular complexity index is 388. The Hall–Kier alpha value is -1.80. The molecule has 0 saturated heterocycles. The van der Waals surface area contributed by atoms with E-state index in [2.05, 4.69) is 0 Å². The van der Waals surface area contributed by atoms with Crippen LogP contribution in [0.1, 0.15) is 5.56 Å². The quantitative estimate of drug-likeness (QED) is 0.717. The highest BCUT2D eigenvalue weighted by Gasteiger charge is 2.02. The van der Waals surface area contributed by atoms with Crippen LogP contribution in [0.5, 0.6) is 0 Å². The van der Waals surface area contributed by atoms with Crippen LogP contribution in [-0.2, 0) is 0 Å². The first-order valence-corrected chi connectivity index (χ1v) is 4.44. The second-order valence-corrected chi connectivity index (χ2v) is 3.02. The first-order chi connectivity index (χ1) is 6.92. The van der Waals surface area contributed by atoms with Crippen LogP contribution in [0.3, 0.4) is 0 Å². The van der Waals surface area contributed by atoms with Gasteiger partial charge in [0.2, 0.25) is 0 Å². The fraction of sp³-hybridized carbons (Fsp3) is 0. The lowest BCUT2D eigenvalue weighted by Crippen LogP contribution is -2.04. The van der Waals surface area contributed by atoms with Crippen LogP contribution in [0.4, 0.5) is 0 Å². The monoisotopic (exact) mass is 184 g/mol. The first-order valence-electron chi connectivity index (χ1n) is 4.44. The summed E-state index contributed by atoms with van der Waals surface area (Å²) >= 11 is 0. The summed E-state index contributed by atoms with van der Waals surface area (Å²) in [4.78, 5) is 0. The summed E-state index contributed by atoms with van der Waals surface area (Å²) in [7, 11) is 0. The zero-order valence-corrected chi connectivity index (χ0v) is 7.60. The Morgan fingerprint density at radius 2 is 1.64 bits per heavy atom. The number of nitrogens with one attached hydrogen (secondary N) is 1. The molecule has 1 aromatic carbocycles. The summed E-state index contributed by atoms with van der Waals surface area (Å²) in [5, 5.41) is 10.8. The third-order valence-electron chi connectivity index (χ3n) is 2.12. The lowest BCUT2D eigenvalue weighted by molar-refractivity contribution is 1.22. The van der Waals surface area contributed by atoms with E-state index in [0.29, 0.717) is 5.70 Å². The predicted octanol–water partition coefficient (Wildman–Crippen LogP) is 2.61. The molecule has 0 aromatic heterocycles. The fourth-order valence-corrected chi connectivity index (χ4v) is 1.43. The molecule has 0 aliphatic heterocycles. The number of benzene rings is 1. The molecule has 0 fully saturated rings. The van der Waals surface area contributed by atoms with Crippen molar-refractivity contribution in [2.75, 3.05) is 0 Å². The van der Waals surface area contributed by atoms with Crippen LogP contribution in [0.15, 0.2) is 60.2 Å². The second kappa shape index (κ2) is 3.94. The average Bonchev–Trinajstić information content (AvgIpc) is 2.74. The summed E-state index contributed by atoms with van der Waals surface area (Å²) in [5.74, 6) is 0. The zero-order valence-electron chi connectivity index (χ0n) is 7.60. The van der Waals surface area contributed by atoms with Crippen LogP contribution in [-0.4, -0.2) is 0 Å². The second-order valence-electron chi connectivity index (χ2n) is 3.02. The molecule has 1 aromatic rings. The van der Waals surface area contributed by atoms with E-state index in [-0.39, 0.29) is 0 Å². The van der Waals surface area contributed by atoms with Crippen molar-refractivity contribution in [2.24, 2.45) is 0 Å². The minimum absolute atomic E-state index is 0.621. The van der Waals surface area contributed by atoms with E-state index in [4.69, 9.17) is 0 Å². The molecule has 0 radical (unpaired) electrons. The highest BCUT2D eigenvalue weighted by molar-refractivity contribution is 5.73. The molecular weight excluding hydrogens is 174 g/mol. The van der Waals surface area contributed by atoms with Gasteiger partial charge < -0.3 is 10.7 Å². The van der Waals surface area contributed by atoms with Crippen molar-refractivity contribution < 1.29 is 0 Å². The van der Waals surface area contributed by atoms with Gasteiger partial charge in [-0.05, 0) is 11.1 Å². The summed E-state index contributed by atoms with van der Waals surface area (Å²) in [6.45, 7) is 0. The van der Waals surface area contributed by atoms with Gasteiger partial charge in [-0.15, -0.1) is 0 Å². The van der Waals surface area contributed by atoms with Crippen molar-refractivity contribution >= 4 is 5.70 Å². The number of hydrogen-bond donors (Lipinski definition) is 1. The largest absolute Gasteiger partial charge is 0.761 e. The van der Waals surface area contributed by atoms with Crippen molar-refractivity contribution in [3.8, 4) is 0 Å². The minimum Gasteiger partial charge on any atom is -0.761 e. The van der Waals surface area contributed by atoms with Gasteiger partial charge in [-0.1, -0.05) is 54.6 Å². The molecule has 2 rings (SSSR count). The van der Waals surface area contributed by atoms with E-state index in [1.165, 1.54) is 0 Å². The lowest BCUT2D eigenvalue weighted by atomic mass is 10.1. The Labute approximate surface area is 82.8 Å². The van der Waals surface area contributed by atoms with Crippen molar-refractivity contribution in [3.05, 3.63) is 71.0 Å². The molecule has 0 saturated carbocycles. The Morgan fingerprint density at radius 1 is 1.00 bits per heavy atom. The van der Waals surface area contributed by atoms with Gasteiger partial charge >= 0.3 is 0 Å². The van der Waals surface area contributed by atoms with E-state index in [0.717, 1.165) is 11.1 Å². The number of hydrogen-bond acceptors (Lipinski definition) is 2. The molecule has 1 aliphatic carbocycles. The fourth-order valence-electron chi connectivity index (χ4n) is 1.43. The summed E-state index contributed by atoms with van der Waals surface area (Å²) < 4.78 is 0. The van der Waals surface area contributed by atoms with Gasteiger partial charge in [0.15, 0.2) is 0 Å². The van der Waals surface area contributed by atoms with E-state index in [1.807, 2.05) is 60.1 Å². The lowest BCUT2D eigenvalue weighted by Gasteiger charge is -2.16. The molecule has 2 heteroatoms. The van der Waals surface area contributed by atoms with Crippen LogP contribution < -0.4 is 5.48 Å². The van der Waals surface area contributed by atoms with Crippen LogP contribution >= 0.6 is 0 Å². The maximum absolute atomic E-state index is 10.8. The van der Waals surface area contributed by atoms with E-state index in [9.17, 15) is 5.21 Å². The minimum atomic E-state index is 0.621. The van der Waals surface area contributed by atoms with Gasteiger partial charge in [-0.25, -0.2) is 0 Å². The van der Waals surface area contributed by atoms with Crippen LogP contribution in [0, 0.1) is 5.21 Å². The molecule has 0 unspecified atom stereocenters. The topological polar surface area (TPSA) is 35.1 Å². The van der Waals surface area contributed by atoms with Gasteiger partial charge in [0.05, 0.1) is 0 Å². The first kappa shape index (κ1) is 8.78. The van der Waals surface area contributed by atoms with Crippen molar-refractivity contribution in [3.63, 3.8) is 0 Å². The van der Waals surface area contributed by atoms with E-state index >= 15 is 0 Å². The Morgan fingerprint density at radius 3 is 2.21 bits per heavy atom. The molecule has 0 bridgehead atoms. The standard InChI is InChI=1S/C12H10NO/c14-13-12(11-8-4-5-9-11)10-6-2-1-3-7-10/h1-9,13H/q-1. The average molecular weight is 184 g/mol. The van der Waals surface area contributed by atoms with Crippen molar-refractivity contribution in [1.82, 2.24) is 5.48 Å². The van der Waals surface area contributed by atoms with Gasteiger partial charge in [0, 0.05) is 5.70 Å². The molecule has 0 amide bonds. The molecular formula is C12H10NO-. The molecule has 0 heterocycles. The molecule has 70 valence electrons. The number of hydroxylamine groups is 1. The normalized spacial score (nSPS) is 13.4. The summed E-state index contributed by atoms with van der Waals surface area (Å²) in [5.41, 5.74) is 4.44. The Kier molecular flexibility index (Phi) is 2.47. The van der Waals surface area contributed by atoms with Gasteiger partial charge in [-0.3, -0.25) is 0 Å². The smallest absolute Gasteiger partial charge is 0.0380 e. The van der Waals surface area contributed by atoms with Gasteiger partial charge in [0.1, 0.15) is 0 Å². The Balaban J connectivity index is 2.45. The number of allylic oxidation sites excluding steroid dienone is 5. The molecule has 1 N–H and O–H groups in total. The molecule has 0 spiro atoms. The highest BCUT2D eigenvalue weighted by Crippen LogP contribution is 2.20. The third kappa shape index (κ3) is 1.60.